The number of hydrogen-bond donors (Lipinski definition) is 1. The molecular weight excluding hydrogens is 178 g/mol. The van der Waals surface area contributed by atoms with Crippen LogP contribution in [0.4, 0.5) is 0 Å². The average molecular weight is 199 g/mol. The number of carbonyl (C=O) groups is 1. The molecule has 0 aromatic heterocycles. The van der Waals surface area contributed by atoms with E-state index in [0.29, 0.717) is 0 Å². The van der Waals surface area contributed by atoms with Crippen LogP contribution < -0.4 is 5.32 Å². The summed E-state index contributed by atoms with van der Waals surface area (Å²) in [5.41, 5.74) is 0. The molecule has 1 amide bonds. The standard InChI is InChI=1S/C10H21N3O/c1-4-11-9(2)10(14)13-7-5-12(3)6-8-13/h9,11H,4-8H2,1-3H3/t9-/m0/s1. The number of amides is 1. The van der Waals surface area contributed by atoms with Crippen molar-refractivity contribution in [3.05, 3.63) is 0 Å². The Morgan fingerprint density at radius 1 is 1.36 bits per heavy atom. The van der Waals surface area contributed by atoms with Crippen LogP contribution in [0.25, 0.3) is 0 Å². The van der Waals surface area contributed by atoms with Gasteiger partial charge in [0, 0.05) is 26.2 Å². The molecule has 0 aromatic rings. The quantitative estimate of drug-likeness (QED) is 0.681. The second-order valence-corrected chi connectivity index (χ2v) is 3.91. The van der Waals surface area contributed by atoms with E-state index >= 15 is 0 Å². The Labute approximate surface area is 86.2 Å². The third-order valence-electron chi connectivity index (χ3n) is 2.70. The summed E-state index contributed by atoms with van der Waals surface area (Å²) in [6, 6.07) is -0.0385. The van der Waals surface area contributed by atoms with Crippen molar-refractivity contribution in [1.29, 1.82) is 0 Å². The minimum Gasteiger partial charge on any atom is -0.339 e. The second kappa shape index (κ2) is 5.32. The van der Waals surface area contributed by atoms with Crippen LogP contribution in [-0.4, -0.2) is 61.5 Å². The molecule has 14 heavy (non-hydrogen) atoms. The average Bonchev–Trinajstić information content (AvgIpc) is 2.18. The van der Waals surface area contributed by atoms with Gasteiger partial charge in [0.2, 0.25) is 5.91 Å². The second-order valence-electron chi connectivity index (χ2n) is 3.91. The zero-order chi connectivity index (χ0) is 10.6. The van der Waals surface area contributed by atoms with Gasteiger partial charge in [-0.25, -0.2) is 0 Å². The molecule has 0 saturated carbocycles. The molecule has 1 rings (SSSR count). The highest BCUT2D eigenvalue weighted by Gasteiger charge is 2.22. The van der Waals surface area contributed by atoms with Crippen LogP contribution in [0.1, 0.15) is 13.8 Å². The number of piperazine rings is 1. The molecule has 0 radical (unpaired) electrons. The van der Waals surface area contributed by atoms with Crippen molar-refractivity contribution in [2.45, 2.75) is 19.9 Å². The third kappa shape index (κ3) is 2.96. The fourth-order valence-corrected chi connectivity index (χ4v) is 1.69. The van der Waals surface area contributed by atoms with E-state index in [0.717, 1.165) is 32.7 Å². The van der Waals surface area contributed by atoms with Crippen molar-refractivity contribution in [1.82, 2.24) is 15.1 Å². The van der Waals surface area contributed by atoms with Crippen molar-refractivity contribution in [3.63, 3.8) is 0 Å². The minimum atomic E-state index is -0.0385. The zero-order valence-electron chi connectivity index (χ0n) is 9.42. The Balaban J connectivity index is 2.37. The molecule has 1 aliphatic rings. The van der Waals surface area contributed by atoms with Gasteiger partial charge in [-0.15, -0.1) is 0 Å². The predicted octanol–water partition coefficient (Wildman–Crippen LogP) is -0.242. The van der Waals surface area contributed by atoms with Gasteiger partial charge in [-0.1, -0.05) is 6.92 Å². The van der Waals surface area contributed by atoms with E-state index in [1.165, 1.54) is 0 Å². The Morgan fingerprint density at radius 2 is 1.93 bits per heavy atom. The topological polar surface area (TPSA) is 35.6 Å². The van der Waals surface area contributed by atoms with Gasteiger partial charge in [-0.05, 0) is 20.5 Å². The summed E-state index contributed by atoms with van der Waals surface area (Å²) >= 11 is 0. The molecule has 1 atom stereocenters. The van der Waals surface area contributed by atoms with E-state index in [4.69, 9.17) is 0 Å². The summed E-state index contributed by atoms with van der Waals surface area (Å²) in [6.07, 6.45) is 0. The Morgan fingerprint density at radius 3 is 2.43 bits per heavy atom. The van der Waals surface area contributed by atoms with E-state index in [2.05, 4.69) is 17.3 Å². The molecule has 0 spiro atoms. The first-order chi connectivity index (χ1) is 6.65. The lowest BCUT2D eigenvalue weighted by Crippen LogP contribution is -2.52. The maximum Gasteiger partial charge on any atom is 0.239 e. The number of nitrogens with zero attached hydrogens (tertiary/aromatic N) is 2. The first kappa shape index (κ1) is 11.5. The summed E-state index contributed by atoms with van der Waals surface area (Å²) in [4.78, 5) is 16.0. The molecule has 1 saturated heterocycles. The molecule has 1 fully saturated rings. The van der Waals surface area contributed by atoms with Crippen molar-refractivity contribution in [2.75, 3.05) is 39.8 Å². The molecule has 0 bridgehead atoms. The summed E-state index contributed by atoms with van der Waals surface area (Å²) in [5.74, 6) is 0.236. The summed E-state index contributed by atoms with van der Waals surface area (Å²) in [6.45, 7) is 8.52. The fourth-order valence-electron chi connectivity index (χ4n) is 1.69. The van der Waals surface area contributed by atoms with Crippen molar-refractivity contribution < 1.29 is 4.79 Å². The van der Waals surface area contributed by atoms with Crippen LogP contribution in [0.5, 0.6) is 0 Å². The van der Waals surface area contributed by atoms with E-state index < -0.39 is 0 Å². The van der Waals surface area contributed by atoms with Gasteiger partial charge in [0.25, 0.3) is 0 Å². The lowest BCUT2D eigenvalue weighted by atomic mass is 10.2. The van der Waals surface area contributed by atoms with Gasteiger partial charge in [-0.3, -0.25) is 4.79 Å². The highest BCUT2D eigenvalue weighted by atomic mass is 16.2. The van der Waals surface area contributed by atoms with Crippen molar-refractivity contribution in [3.8, 4) is 0 Å². The Kier molecular flexibility index (Phi) is 4.35. The van der Waals surface area contributed by atoms with Crippen LogP contribution in [0, 0.1) is 0 Å². The monoisotopic (exact) mass is 199 g/mol. The lowest BCUT2D eigenvalue weighted by Gasteiger charge is -2.34. The van der Waals surface area contributed by atoms with Gasteiger partial charge in [-0.2, -0.15) is 0 Å². The number of likely N-dealkylation sites (N-methyl/N-ethyl adjacent to an activating group) is 2. The van der Waals surface area contributed by atoms with Crippen LogP contribution >= 0.6 is 0 Å². The largest absolute Gasteiger partial charge is 0.339 e. The SMILES string of the molecule is CCN[C@@H](C)C(=O)N1CCN(C)CC1. The minimum absolute atomic E-state index is 0.0385. The van der Waals surface area contributed by atoms with Gasteiger partial charge in [0.05, 0.1) is 6.04 Å². The fraction of sp³-hybridized carbons (Fsp3) is 0.900. The van der Waals surface area contributed by atoms with Crippen LogP contribution in [0.2, 0.25) is 0 Å². The van der Waals surface area contributed by atoms with Crippen molar-refractivity contribution >= 4 is 5.91 Å². The van der Waals surface area contributed by atoms with Crippen LogP contribution in [0.3, 0.4) is 0 Å². The molecule has 0 aliphatic carbocycles. The highest BCUT2D eigenvalue weighted by Crippen LogP contribution is 2.01. The number of rotatable bonds is 3. The van der Waals surface area contributed by atoms with Crippen LogP contribution in [-0.2, 0) is 4.79 Å². The highest BCUT2D eigenvalue weighted by molar-refractivity contribution is 5.81. The molecule has 0 aromatic carbocycles. The number of carbonyl (C=O) groups excluding carboxylic acids is 1. The van der Waals surface area contributed by atoms with E-state index in [1.54, 1.807) is 0 Å². The lowest BCUT2D eigenvalue weighted by molar-refractivity contribution is -0.134. The van der Waals surface area contributed by atoms with Gasteiger partial charge in [0.1, 0.15) is 0 Å². The van der Waals surface area contributed by atoms with E-state index in [-0.39, 0.29) is 11.9 Å². The molecular formula is C10H21N3O. The first-order valence-corrected chi connectivity index (χ1v) is 5.36. The smallest absolute Gasteiger partial charge is 0.239 e. The number of hydrogen-bond acceptors (Lipinski definition) is 3. The molecule has 4 nitrogen and oxygen atoms in total. The molecule has 82 valence electrons. The predicted molar refractivity (Wildman–Crippen MR) is 57.2 cm³/mol. The molecule has 1 N–H and O–H groups in total. The summed E-state index contributed by atoms with van der Waals surface area (Å²) in [5, 5.41) is 3.15. The van der Waals surface area contributed by atoms with Gasteiger partial charge < -0.3 is 15.1 Å². The Bertz CT molecular complexity index is 188. The zero-order valence-corrected chi connectivity index (χ0v) is 9.42. The first-order valence-electron chi connectivity index (χ1n) is 5.36. The van der Waals surface area contributed by atoms with Crippen LogP contribution in [0.15, 0.2) is 0 Å². The summed E-state index contributed by atoms with van der Waals surface area (Å²) < 4.78 is 0. The Hall–Kier alpha value is -0.610. The normalized spacial score (nSPS) is 20.9. The molecule has 1 heterocycles. The van der Waals surface area contributed by atoms with Gasteiger partial charge >= 0.3 is 0 Å². The van der Waals surface area contributed by atoms with E-state index in [1.807, 2.05) is 18.7 Å². The van der Waals surface area contributed by atoms with E-state index in [9.17, 15) is 4.79 Å². The van der Waals surface area contributed by atoms with Gasteiger partial charge in [0.15, 0.2) is 0 Å². The van der Waals surface area contributed by atoms with Crippen molar-refractivity contribution in [2.24, 2.45) is 0 Å². The molecule has 1 aliphatic heterocycles. The number of nitrogens with one attached hydrogen (secondary N) is 1. The molecule has 4 heteroatoms. The molecule has 0 unspecified atom stereocenters. The third-order valence-corrected chi connectivity index (χ3v) is 2.70. The maximum atomic E-state index is 11.8. The maximum absolute atomic E-state index is 11.8. The summed E-state index contributed by atoms with van der Waals surface area (Å²) in [7, 11) is 2.09.